The average Bonchev–Trinajstić information content (AvgIpc) is 3.60. The maximum absolute atomic E-state index is 14.5. The summed E-state index contributed by atoms with van der Waals surface area (Å²) in [6, 6.07) is -1.63. The number of Topliss-reactive ketones (excluding diaryl/α,β-unsaturated/α-hetero) is 4. The molecule has 2 unspecified atom stereocenters. The van der Waals surface area contributed by atoms with Crippen LogP contribution in [0.4, 0.5) is 0 Å². The normalized spacial score (nSPS) is 23.0. The lowest BCUT2D eigenvalue weighted by molar-refractivity contribution is -0.146. The number of ketones is 4. The van der Waals surface area contributed by atoms with Gasteiger partial charge in [-0.3, -0.25) is 33.8 Å². The molecular weight excluding hydrogens is 596 g/mol. The van der Waals surface area contributed by atoms with E-state index < -0.39 is 41.0 Å². The Kier molecular flexibility index (Phi) is 12.2. The van der Waals surface area contributed by atoms with Crippen molar-refractivity contribution >= 4 is 34.9 Å². The minimum Gasteiger partial charge on any atom is -0.344 e. The SMILES string of the molecule is CCCC(CC(=O)[C@@H]1[C@H]2CCC[C@H]2CN1C(=O)C(NC(=O)[C@H](CC(=O)c1cnccn1)C(C)C)C(C)(C)C)C(=O)C(=O)CC1CCC1. The summed E-state index contributed by atoms with van der Waals surface area (Å²) in [6.07, 6.45) is 11.3. The number of aromatic nitrogens is 2. The van der Waals surface area contributed by atoms with E-state index in [1.165, 1.54) is 18.6 Å². The maximum Gasteiger partial charge on any atom is 0.246 e. The van der Waals surface area contributed by atoms with Crippen LogP contribution >= 0.6 is 0 Å². The summed E-state index contributed by atoms with van der Waals surface area (Å²) < 4.78 is 0. The lowest BCUT2D eigenvalue weighted by Crippen LogP contribution is -2.58. The van der Waals surface area contributed by atoms with Crippen molar-refractivity contribution < 1.29 is 28.8 Å². The van der Waals surface area contributed by atoms with Gasteiger partial charge in [0.1, 0.15) is 11.7 Å². The molecule has 0 bridgehead atoms. The molecule has 3 fully saturated rings. The van der Waals surface area contributed by atoms with Crippen LogP contribution in [0.15, 0.2) is 18.6 Å². The Morgan fingerprint density at radius 2 is 1.68 bits per heavy atom. The Morgan fingerprint density at radius 1 is 0.979 bits per heavy atom. The molecule has 2 heterocycles. The third kappa shape index (κ3) is 8.79. The number of nitrogens with one attached hydrogen (secondary N) is 1. The zero-order chi connectivity index (χ0) is 34.5. The Balaban J connectivity index is 1.53. The Bertz CT molecular complexity index is 1320. The highest BCUT2D eigenvalue weighted by Crippen LogP contribution is 2.44. The van der Waals surface area contributed by atoms with Gasteiger partial charge in [-0.15, -0.1) is 0 Å². The molecule has 10 nitrogen and oxygen atoms in total. The number of hydrogen-bond donors (Lipinski definition) is 1. The predicted octanol–water partition coefficient (Wildman–Crippen LogP) is 5.18. The highest BCUT2D eigenvalue weighted by molar-refractivity contribution is 6.38. The first-order valence-corrected chi connectivity index (χ1v) is 17.7. The van der Waals surface area contributed by atoms with Crippen molar-refractivity contribution in [3.05, 3.63) is 24.3 Å². The topological polar surface area (TPSA) is 143 Å². The number of hydrogen-bond acceptors (Lipinski definition) is 8. The van der Waals surface area contributed by atoms with Crippen LogP contribution in [0.5, 0.6) is 0 Å². The third-order valence-electron chi connectivity index (χ3n) is 10.7. The number of rotatable bonds is 16. The van der Waals surface area contributed by atoms with Crippen molar-refractivity contribution in [3.63, 3.8) is 0 Å². The van der Waals surface area contributed by atoms with Gasteiger partial charge in [-0.2, -0.15) is 0 Å². The smallest absolute Gasteiger partial charge is 0.246 e. The molecule has 0 radical (unpaired) electrons. The number of fused-ring (bicyclic) bond motifs is 1. The van der Waals surface area contributed by atoms with Gasteiger partial charge in [0.25, 0.3) is 0 Å². The van der Waals surface area contributed by atoms with Crippen LogP contribution in [0, 0.1) is 40.9 Å². The number of carbonyl (C=O) groups excluding carboxylic acids is 6. The largest absolute Gasteiger partial charge is 0.344 e. The molecule has 10 heteroatoms. The molecule has 1 aromatic heterocycles. The van der Waals surface area contributed by atoms with Crippen molar-refractivity contribution in [2.75, 3.05) is 6.54 Å². The molecule has 1 N–H and O–H groups in total. The molecule has 1 aromatic rings. The van der Waals surface area contributed by atoms with E-state index in [9.17, 15) is 28.8 Å². The van der Waals surface area contributed by atoms with Crippen molar-refractivity contribution in [2.45, 2.75) is 124 Å². The van der Waals surface area contributed by atoms with Crippen molar-refractivity contribution in [1.82, 2.24) is 20.2 Å². The minimum absolute atomic E-state index is 0.00107. The van der Waals surface area contributed by atoms with Gasteiger partial charge in [-0.05, 0) is 61.2 Å². The fourth-order valence-corrected chi connectivity index (χ4v) is 7.71. The number of carbonyl (C=O) groups is 6. The summed E-state index contributed by atoms with van der Waals surface area (Å²) in [4.78, 5) is 91.3. The van der Waals surface area contributed by atoms with E-state index in [1.807, 2.05) is 41.5 Å². The van der Waals surface area contributed by atoms with Gasteiger partial charge < -0.3 is 10.2 Å². The standard InChI is InChI=1S/C37H54N4O6/c1-7-10-24(33(45)31(44)17-23-11-8-12-23)18-30(43)32-26-14-9-13-25(26)21-41(32)36(47)34(37(4,5)6)40-35(46)27(22(2)3)19-29(42)28-20-38-15-16-39-28/h15-16,20,22-27,32,34H,7-14,17-19,21H2,1-6H3,(H,40,46)/t24?,25-,26-,27+,32-,34?/m0/s1. The molecule has 2 saturated carbocycles. The first kappa shape index (κ1) is 36.5. The van der Waals surface area contributed by atoms with Crippen molar-refractivity contribution in [3.8, 4) is 0 Å². The van der Waals surface area contributed by atoms with Gasteiger partial charge in [0, 0.05) is 50.0 Å². The molecule has 2 aliphatic carbocycles. The first-order chi connectivity index (χ1) is 22.2. The zero-order valence-electron chi connectivity index (χ0n) is 29.1. The molecule has 6 atom stereocenters. The lowest BCUT2D eigenvalue weighted by atomic mass is 9.79. The monoisotopic (exact) mass is 650 g/mol. The van der Waals surface area contributed by atoms with Crippen LogP contribution < -0.4 is 5.32 Å². The van der Waals surface area contributed by atoms with Gasteiger partial charge >= 0.3 is 0 Å². The van der Waals surface area contributed by atoms with E-state index in [2.05, 4.69) is 15.3 Å². The van der Waals surface area contributed by atoms with Crippen molar-refractivity contribution in [2.24, 2.45) is 40.9 Å². The molecule has 1 saturated heterocycles. The van der Waals surface area contributed by atoms with E-state index in [-0.39, 0.29) is 71.9 Å². The van der Waals surface area contributed by atoms with Gasteiger partial charge in [-0.1, -0.05) is 60.8 Å². The van der Waals surface area contributed by atoms with E-state index in [0.717, 1.165) is 38.5 Å². The van der Waals surface area contributed by atoms with Crippen molar-refractivity contribution in [1.29, 1.82) is 0 Å². The number of likely N-dealkylation sites (tertiary alicyclic amines) is 1. The number of nitrogens with zero attached hydrogens (tertiary/aromatic N) is 3. The Labute approximate surface area is 279 Å². The molecule has 0 aromatic carbocycles. The zero-order valence-corrected chi connectivity index (χ0v) is 29.1. The van der Waals surface area contributed by atoms with Gasteiger partial charge in [0.2, 0.25) is 17.6 Å². The average molecular weight is 651 g/mol. The maximum atomic E-state index is 14.5. The van der Waals surface area contributed by atoms with Crippen LogP contribution in [0.3, 0.4) is 0 Å². The fraction of sp³-hybridized carbons (Fsp3) is 0.730. The summed E-state index contributed by atoms with van der Waals surface area (Å²) in [5, 5.41) is 2.99. The van der Waals surface area contributed by atoms with Gasteiger partial charge in [-0.25, -0.2) is 4.98 Å². The molecule has 4 rings (SSSR count). The van der Waals surface area contributed by atoms with Crippen LogP contribution in [0.2, 0.25) is 0 Å². The van der Waals surface area contributed by atoms with Crippen LogP contribution in [-0.2, 0) is 24.0 Å². The molecule has 258 valence electrons. The Hall–Kier alpha value is -3.30. The van der Waals surface area contributed by atoms with E-state index >= 15 is 0 Å². The second-order valence-corrected chi connectivity index (χ2v) is 15.6. The highest BCUT2D eigenvalue weighted by atomic mass is 16.2. The highest BCUT2D eigenvalue weighted by Gasteiger charge is 2.52. The third-order valence-corrected chi connectivity index (χ3v) is 10.7. The molecule has 1 aliphatic heterocycles. The van der Waals surface area contributed by atoms with E-state index in [1.54, 1.807) is 4.90 Å². The summed E-state index contributed by atoms with van der Waals surface area (Å²) in [6.45, 7) is 11.7. The summed E-state index contributed by atoms with van der Waals surface area (Å²) in [7, 11) is 0. The second kappa shape index (κ2) is 15.7. The van der Waals surface area contributed by atoms with E-state index in [4.69, 9.17) is 0 Å². The fourth-order valence-electron chi connectivity index (χ4n) is 7.71. The minimum atomic E-state index is -0.936. The second-order valence-electron chi connectivity index (χ2n) is 15.6. The molecule has 0 spiro atoms. The van der Waals surface area contributed by atoms with Crippen LogP contribution in [-0.4, -0.2) is 68.4 Å². The summed E-state index contributed by atoms with van der Waals surface area (Å²) in [5.41, 5.74) is -0.507. The lowest BCUT2D eigenvalue weighted by Gasteiger charge is -2.37. The predicted molar refractivity (Wildman–Crippen MR) is 177 cm³/mol. The van der Waals surface area contributed by atoms with Gasteiger partial charge in [0.15, 0.2) is 17.3 Å². The molecule has 2 amide bonds. The Morgan fingerprint density at radius 3 is 2.26 bits per heavy atom. The molecule has 3 aliphatic rings. The van der Waals surface area contributed by atoms with Crippen LogP contribution in [0.1, 0.15) is 123 Å². The first-order valence-electron chi connectivity index (χ1n) is 17.7. The quantitative estimate of drug-likeness (QED) is 0.190. The summed E-state index contributed by atoms with van der Waals surface area (Å²) in [5.74, 6) is -3.10. The van der Waals surface area contributed by atoms with Crippen LogP contribution in [0.25, 0.3) is 0 Å². The van der Waals surface area contributed by atoms with Gasteiger partial charge in [0.05, 0.1) is 12.2 Å². The number of amides is 2. The molecular formula is C37H54N4O6. The van der Waals surface area contributed by atoms with E-state index in [0.29, 0.717) is 19.4 Å². The molecule has 47 heavy (non-hydrogen) atoms. The summed E-state index contributed by atoms with van der Waals surface area (Å²) >= 11 is 0.